The lowest BCUT2D eigenvalue weighted by molar-refractivity contribution is 0.347. The Kier molecular flexibility index (Phi) is 3.12. The van der Waals surface area contributed by atoms with Crippen LogP contribution in [-0.2, 0) is 4.74 Å². The average molecular weight is 165 g/mol. The van der Waals surface area contributed by atoms with Crippen LogP contribution in [-0.4, -0.2) is 23.9 Å². The zero-order valence-electron chi connectivity index (χ0n) is 6.44. The molecule has 0 rings (SSSR count). The molecule has 0 aliphatic rings. The van der Waals surface area contributed by atoms with Gasteiger partial charge < -0.3 is 10.5 Å². The number of alkyl halides is 1. The minimum atomic E-state index is -0.865. The van der Waals surface area contributed by atoms with Crippen molar-refractivity contribution < 1.29 is 4.74 Å². The molecule has 3 nitrogen and oxygen atoms in total. The quantitative estimate of drug-likeness (QED) is 0.363. The van der Waals surface area contributed by atoms with Crippen molar-refractivity contribution in [2.24, 2.45) is 5.73 Å². The van der Waals surface area contributed by atoms with E-state index < -0.39 is 5.54 Å². The van der Waals surface area contributed by atoms with Crippen LogP contribution in [0.15, 0.2) is 0 Å². The van der Waals surface area contributed by atoms with Crippen molar-refractivity contribution in [2.45, 2.75) is 24.8 Å². The summed E-state index contributed by atoms with van der Waals surface area (Å²) in [6.07, 6.45) is 0. The van der Waals surface area contributed by atoms with E-state index in [1.165, 1.54) is 7.11 Å². The summed E-state index contributed by atoms with van der Waals surface area (Å²) in [6, 6.07) is 0. The summed E-state index contributed by atoms with van der Waals surface area (Å²) < 4.78 is 4.65. The van der Waals surface area contributed by atoms with Gasteiger partial charge in [0.05, 0.1) is 12.5 Å². The molecule has 4 heteroatoms. The highest BCUT2D eigenvalue weighted by Gasteiger charge is 2.31. The van der Waals surface area contributed by atoms with Crippen molar-refractivity contribution in [2.75, 3.05) is 7.11 Å². The van der Waals surface area contributed by atoms with Crippen molar-refractivity contribution in [3.05, 3.63) is 0 Å². The van der Waals surface area contributed by atoms with E-state index in [2.05, 4.69) is 4.74 Å². The Hall–Kier alpha value is -0.280. The molecule has 0 spiro atoms. The number of ether oxygens (including phenoxy) is 1. The maximum atomic E-state index is 7.24. The third-order valence-corrected chi connectivity index (χ3v) is 1.97. The van der Waals surface area contributed by atoms with Gasteiger partial charge in [-0.3, -0.25) is 5.41 Å². The van der Waals surface area contributed by atoms with Gasteiger partial charge in [0.2, 0.25) is 5.90 Å². The summed E-state index contributed by atoms with van der Waals surface area (Å²) in [7, 11) is 1.41. The van der Waals surface area contributed by atoms with Crippen LogP contribution < -0.4 is 5.73 Å². The van der Waals surface area contributed by atoms with Gasteiger partial charge in [0, 0.05) is 0 Å². The number of methoxy groups -OCH3 is 1. The third-order valence-electron chi connectivity index (χ3n) is 1.52. The summed E-state index contributed by atoms with van der Waals surface area (Å²) in [5, 5.41) is 6.93. The first kappa shape index (κ1) is 9.72. The molecule has 0 saturated heterocycles. The molecule has 1 unspecified atom stereocenters. The second kappa shape index (κ2) is 3.21. The Labute approximate surface area is 66.0 Å². The number of rotatable bonds is 2. The fourth-order valence-corrected chi connectivity index (χ4v) is 0.500. The number of nitrogens with two attached hydrogens (primary N) is 1. The number of halogens is 1. The van der Waals surface area contributed by atoms with Crippen molar-refractivity contribution >= 4 is 17.5 Å². The van der Waals surface area contributed by atoms with Gasteiger partial charge >= 0.3 is 0 Å². The Bertz CT molecular complexity index is 134. The highest BCUT2D eigenvalue weighted by Crippen LogP contribution is 2.13. The summed E-state index contributed by atoms with van der Waals surface area (Å²) >= 11 is 5.70. The highest BCUT2D eigenvalue weighted by atomic mass is 35.5. The Morgan fingerprint density at radius 3 is 2.30 bits per heavy atom. The van der Waals surface area contributed by atoms with Crippen LogP contribution in [0.5, 0.6) is 0 Å². The minimum Gasteiger partial charge on any atom is -0.483 e. The molecule has 0 saturated carbocycles. The molecular weight excluding hydrogens is 152 g/mol. The second-order valence-electron chi connectivity index (χ2n) is 2.43. The fourth-order valence-electron chi connectivity index (χ4n) is 0.401. The van der Waals surface area contributed by atoms with Crippen LogP contribution in [0.4, 0.5) is 0 Å². The smallest absolute Gasteiger partial charge is 0.202 e. The number of hydrogen-bond acceptors (Lipinski definition) is 3. The van der Waals surface area contributed by atoms with Crippen LogP contribution in [0.1, 0.15) is 13.8 Å². The van der Waals surface area contributed by atoms with E-state index >= 15 is 0 Å². The first-order valence-corrected chi connectivity index (χ1v) is 3.42. The normalized spacial score (nSPS) is 19.3. The summed E-state index contributed by atoms with van der Waals surface area (Å²) in [5.74, 6) is 0.00926. The predicted molar refractivity (Wildman–Crippen MR) is 42.6 cm³/mol. The molecule has 0 heterocycles. The summed E-state index contributed by atoms with van der Waals surface area (Å²) in [4.78, 5) is 0. The third kappa shape index (κ3) is 1.85. The Balaban J connectivity index is 4.24. The predicted octanol–water partition coefficient (Wildman–Crippen LogP) is 0.955. The minimum absolute atomic E-state index is 0.00926. The van der Waals surface area contributed by atoms with Gasteiger partial charge in [0.25, 0.3) is 0 Å². The molecule has 0 amide bonds. The van der Waals surface area contributed by atoms with E-state index in [1.807, 2.05) is 0 Å². The van der Waals surface area contributed by atoms with Gasteiger partial charge in [-0.05, 0) is 13.8 Å². The standard InChI is InChI=1S/C6H13ClN2O/c1-4(7)6(2,9)5(8)10-3/h4,8H,9H2,1-3H3/t4?,6-/m0/s1. The first-order valence-electron chi connectivity index (χ1n) is 2.99. The maximum absolute atomic E-state index is 7.24. The zero-order valence-corrected chi connectivity index (χ0v) is 7.20. The Morgan fingerprint density at radius 1 is 1.80 bits per heavy atom. The molecule has 0 radical (unpaired) electrons. The molecule has 0 aromatic rings. The topological polar surface area (TPSA) is 59.1 Å². The van der Waals surface area contributed by atoms with Gasteiger partial charge in [-0.15, -0.1) is 11.6 Å². The van der Waals surface area contributed by atoms with E-state index in [0.29, 0.717) is 0 Å². The molecule has 0 bridgehead atoms. The van der Waals surface area contributed by atoms with Crippen molar-refractivity contribution in [1.29, 1.82) is 5.41 Å². The highest BCUT2D eigenvalue weighted by molar-refractivity contribution is 6.23. The van der Waals surface area contributed by atoms with Crippen LogP contribution in [0, 0.1) is 5.41 Å². The first-order chi connectivity index (χ1) is 4.42. The van der Waals surface area contributed by atoms with Crippen molar-refractivity contribution in [3.63, 3.8) is 0 Å². The summed E-state index contributed by atoms with van der Waals surface area (Å²) in [5.41, 5.74) is 4.77. The van der Waals surface area contributed by atoms with Crippen LogP contribution in [0.2, 0.25) is 0 Å². The van der Waals surface area contributed by atoms with Gasteiger partial charge in [0.1, 0.15) is 5.54 Å². The lowest BCUT2D eigenvalue weighted by atomic mass is 10.0. The SMILES string of the molecule is COC(=N)[C@@](C)(N)C(C)Cl. The van der Waals surface area contributed by atoms with E-state index in [9.17, 15) is 0 Å². The van der Waals surface area contributed by atoms with E-state index in [-0.39, 0.29) is 11.3 Å². The lowest BCUT2D eigenvalue weighted by Crippen LogP contribution is -2.51. The second-order valence-corrected chi connectivity index (χ2v) is 3.09. The van der Waals surface area contributed by atoms with E-state index in [4.69, 9.17) is 22.7 Å². The van der Waals surface area contributed by atoms with Crippen molar-refractivity contribution in [1.82, 2.24) is 0 Å². The van der Waals surface area contributed by atoms with Crippen molar-refractivity contribution in [3.8, 4) is 0 Å². The summed E-state index contributed by atoms with van der Waals surface area (Å²) in [6.45, 7) is 3.39. The molecule has 2 atom stereocenters. The van der Waals surface area contributed by atoms with E-state index in [0.717, 1.165) is 0 Å². The largest absolute Gasteiger partial charge is 0.483 e. The maximum Gasteiger partial charge on any atom is 0.202 e. The molecule has 0 aliphatic carbocycles. The molecule has 0 aromatic heterocycles. The molecule has 0 aliphatic heterocycles. The molecule has 60 valence electrons. The van der Waals surface area contributed by atoms with Crippen LogP contribution in [0.3, 0.4) is 0 Å². The Morgan fingerprint density at radius 2 is 2.20 bits per heavy atom. The lowest BCUT2D eigenvalue weighted by Gasteiger charge is -2.26. The molecule has 0 fully saturated rings. The van der Waals surface area contributed by atoms with Gasteiger partial charge in [-0.1, -0.05) is 0 Å². The van der Waals surface area contributed by atoms with Crippen LogP contribution >= 0.6 is 11.6 Å². The zero-order chi connectivity index (χ0) is 8.36. The molecule has 0 aromatic carbocycles. The van der Waals surface area contributed by atoms with Gasteiger partial charge in [-0.25, -0.2) is 0 Å². The van der Waals surface area contributed by atoms with E-state index in [1.54, 1.807) is 13.8 Å². The van der Waals surface area contributed by atoms with Gasteiger partial charge in [0.15, 0.2) is 0 Å². The monoisotopic (exact) mass is 164 g/mol. The molecule has 10 heavy (non-hydrogen) atoms. The van der Waals surface area contributed by atoms with Crippen LogP contribution in [0.25, 0.3) is 0 Å². The average Bonchev–Trinajstić information content (AvgIpc) is 1.86. The number of nitrogens with one attached hydrogen (secondary N) is 1. The fraction of sp³-hybridized carbons (Fsp3) is 0.833. The van der Waals surface area contributed by atoms with Gasteiger partial charge in [-0.2, -0.15) is 0 Å². The number of hydrogen-bond donors (Lipinski definition) is 2. The molecular formula is C6H13ClN2O. The molecule has 3 N–H and O–H groups in total.